The molecule has 0 saturated heterocycles. The Hall–Kier alpha value is 0.310. The second-order valence-corrected chi connectivity index (χ2v) is 5.36. The van der Waals surface area contributed by atoms with E-state index < -0.39 is 0 Å². The van der Waals surface area contributed by atoms with Gasteiger partial charge in [-0.1, -0.05) is 86.1 Å². The quantitative estimate of drug-likeness (QED) is 0.305. The molecule has 0 rings (SSSR count). The third-order valence-corrected chi connectivity index (χ3v) is 3.71. The average Bonchev–Trinajstić information content (AvgIpc) is 2.48. The summed E-state index contributed by atoms with van der Waals surface area (Å²) in [7, 11) is 0. The van der Waals surface area contributed by atoms with E-state index in [1.54, 1.807) is 0 Å². The van der Waals surface area contributed by atoms with E-state index in [-0.39, 0.29) is 0 Å². The van der Waals surface area contributed by atoms with E-state index in [2.05, 4.69) is 37.0 Å². The van der Waals surface area contributed by atoms with Crippen molar-refractivity contribution < 1.29 is 0 Å². The Labute approximate surface area is 129 Å². The summed E-state index contributed by atoms with van der Waals surface area (Å²) in [5.41, 5.74) is 0. The molecule has 0 fully saturated rings. The van der Waals surface area contributed by atoms with Crippen LogP contribution >= 0.6 is 11.9 Å². The standard InChI is InChI=1S/C13H29NS.2C2H6/c1-4-7-9-10-13-15-14(11-6-3)12-8-5-2;2*1-2/h4-13H2,1-3H3;2*1-2H3. The number of hydrogen-bond donors (Lipinski definition) is 0. The van der Waals surface area contributed by atoms with Gasteiger partial charge >= 0.3 is 0 Å². The lowest BCUT2D eigenvalue weighted by molar-refractivity contribution is 0.454. The van der Waals surface area contributed by atoms with Crippen LogP contribution in [0.15, 0.2) is 0 Å². The highest BCUT2D eigenvalue weighted by Gasteiger charge is 2.02. The third kappa shape index (κ3) is 23.8. The number of hydrogen-bond acceptors (Lipinski definition) is 2. The van der Waals surface area contributed by atoms with Crippen molar-refractivity contribution in [3.8, 4) is 0 Å². The zero-order valence-electron chi connectivity index (χ0n) is 14.9. The number of unbranched alkanes of at least 4 members (excludes halogenated alkanes) is 4. The molecular formula is C17H41NS. The third-order valence-electron chi connectivity index (χ3n) is 2.51. The Morgan fingerprint density at radius 3 is 1.68 bits per heavy atom. The molecule has 0 unspecified atom stereocenters. The van der Waals surface area contributed by atoms with Gasteiger partial charge in [-0.05, 0) is 19.3 Å². The fourth-order valence-corrected chi connectivity index (χ4v) is 2.71. The van der Waals surface area contributed by atoms with E-state index in [4.69, 9.17) is 0 Å². The van der Waals surface area contributed by atoms with E-state index >= 15 is 0 Å². The predicted octanol–water partition coefficient (Wildman–Crippen LogP) is 6.78. The lowest BCUT2D eigenvalue weighted by Crippen LogP contribution is -2.18. The fraction of sp³-hybridized carbons (Fsp3) is 1.00. The van der Waals surface area contributed by atoms with Gasteiger partial charge in [0.15, 0.2) is 0 Å². The molecule has 0 heterocycles. The molecule has 1 nitrogen and oxygen atoms in total. The van der Waals surface area contributed by atoms with Gasteiger partial charge in [0.25, 0.3) is 0 Å². The molecule has 0 atom stereocenters. The molecule has 0 aromatic heterocycles. The first-order chi connectivity index (χ1) is 9.35. The first-order valence-electron chi connectivity index (χ1n) is 8.73. The molecule has 0 aromatic rings. The predicted molar refractivity (Wildman–Crippen MR) is 96.1 cm³/mol. The van der Waals surface area contributed by atoms with E-state index in [9.17, 15) is 0 Å². The van der Waals surface area contributed by atoms with Crippen molar-refractivity contribution in [2.45, 2.75) is 93.4 Å². The summed E-state index contributed by atoms with van der Waals surface area (Å²) in [4.78, 5) is 0. The summed E-state index contributed by atoms with van der Waals surface area (Å²) in [5, 5.41) is 0. The van der Waals surface area contributed by atoms with Crippen LogP contribution in [-0.4, -0.2) is 23.1 Å². The molecule has 0 aromatic carbocycles. The molecule has 0 aliphatic rings. The van der Waals surface area contributed by atoms with Crippen LogP contribution < -0.4 is 0 Å². The molecule has 0 bridgehead atoms. The minimum absolute atomic E-state index is 1.26. The molecule has 0 aliphatic heterocycles. The molecule has 2 heteroatoms. The highest BCUT2D eigenvalue weighted by molar-refractivity contribution is 7.97. The second kappa shape index (κ2) is 26.8. The summed E-state index contributed by atoms with van der Waals surface area (Å²) >= 11 is 2.07. The second-order valence-electron chi connectivity index (χ2n) is 4.18. The topological polar surface area (TPSA) is 3.24 Å². The molecule has 120 valence electrons. The van der Waals surface area contributed by atoms with Gasteiger partial charge in [-0.3, -0.25) is 4.31 Å². The summed E-state index contributed by atoms with van der Waals surface area (Å²) < 4.78 is 2.56. The van der Waals surface area contributed by atoms with Crippen LogP contribution in [0.4, 0.5) is 0 Å². The van der Waals surface area contributed by atoms with Crippen molar-refractivity contribution in [3.05, 3.63) is 0 Å². The smallest absolute Gasteiger partial charge is 0.00892 e. The van der Waals surface area contributed by atoms with Crippen LogP contribution in [0.1, 0.15) is 93.4 Å². The summed E-state index contributed by atoms with van der Waals surface area (Å²) in [6.45, 7) is 17.4. The molecule has 0 radical (unpaired) electrons. The zero-order chi connectivity index (χ0) is 15.4. The Morgan fingerprint density at radius 1 is 0.632 bits per heavy atom. The molecule has 0 aliphatic carbocycles. The van der Waals surface area contributed by atoms with Crippen molar-refractivity contribution >= 4 is 11.9 Å². The van der Waals surface area contributed by atoms with Crippen molar-refractivity contribution in [3.63, 3.8) is 0 Å². The highest BCUT2D eigenvalue weighted by atomic mass is 32.2. The lowest BCUT2D eigenvalue weighted by Gasteiger charge is -2.19. The van der Waals surface area contributed by atoms with Crippen molar-refractivity contribution in [2.75, 3.05) is 18.8 Å². The van der Waals surface area contributed by atoms with Gasteiger partial charge in [0.1, 0.15) is 0 Å². The van der Waals surface area contributed by atoms with Crippen LogP contribution in [0.2, 0.25) is 0 Å². The maximum Gasteiger partial charge on any atom is 0.00892 e. The van der Waals surface area contributed by atoms with Gasteiger partial charge in [0.05, 0.1) is 0 Å². The lowest BCUT2D eigenvalue weighted by atomic mass is 10.2. The largest absolute Gasteiger partial charge is 0.251 e. The van der Waals surface area contributed by atoms with Gasteiger partial charge in [-0.15, -0.1) is 0 Å². The molecule has 0 saturated carbocycles. The van der Waals surface area contributed by atoms with Crippen LogP contribution in [-0.2, 0) is 0 Å². The minimum atomic E-state index is 1.26. The normalized spacial score (nSPS) is 9.47. The van der Waals surface area contributed by atoms with Crippen molar-refractivity contribution in [2.24, 2.45) is 0 Å². The van der Waals surface area contributed by atoms with Gasteiger partial charge in [0, 0.05) is 18.8 Å². The van der Waals surface area contributed by atoms with Crippen LogP contribution in [0.3, 0.4) is 0 Å². The van der Waals surface area contributed by atoms with Gasteiger partial charge in [-0.25, -0.2) is 0 Å². The Bertz CT molecular complexity index is 118. The Kier molecular flexibility index (Phi) is 34.3. The van der Waals surface area contributed by atoms with Gasteiger partial charge in [-0.2, -0.15) is 0 Å². The number of nitrogens with zero attached hydrogens (tertiary/aromatic N) is 1. The van der Waals surface area contributed by atoms with Crippen molar-refractivity contribution in [1.29, 1.82) is 0 Å². The average molecular weight is 292 g/mol. The molecular weight excluding hydrogens is 250 g/mol. The molecule has 0 N–H and O–H groups in total. The maximum absolute atomic E-state index is 2.56. The van der Waals surface area contributed by atoms with E-state index in [1.807, 2.05) is 27.7 Å². The SMILES string of the molecule is CC.CC.CCCCCCSN(CCC)CCCC. The minimum Gasteiger partial charge on any atom is -0.251 e. The maximum atomic E-state index is 2.56. The van der Waals surface area contributed by atoms with Gasteiger partial charge in [0.2, 0.25) is 0 Å². The number of rotatable bonds is 11. The fourth-order valence-electron chi connectivity index (χ4n) is 1.55. The first kappa shape index (κ1) is 24.3. The Morgan fingerprint density at radius 2 is 1.21 bits per heavy atom. The van der Waals surface area contributed by atoms with Crippen LogP contribution in [0, 0.1) is 0 Å². The van der Waals surface area contributed by atoms with Gasteiger partial charge < -0.3 is 0 Å². The van der Waals surface area contributed by atoms with E-state index in [0.717, 1.165) is 0 Å². The summed E-state index contributed by atoms with van der Waals surface area (Å²) in [6, 6.07) is 0. The first-order valence-corrected chi connectivity index (χ1v) is 9.67. The highest BCUT2D eigenvalue weighted by Crippen LogP contribution is 2.14. The molecule has 0 amide bonds. The zero-order valence-corrected chi connectivity index (χ0v) is 15.7. The monoisotopic (exact) mass is 291 g/mol. The van der Waals surface area contributed by atoms with E-state index in [0.29, 0.717) is 0 Å². The Balaban J connectivity index is -0.000000579. The van der Waals surface area contributed by atoms with Crippen LogP contribution in [0.5, 0.6) is 0 Å². The van der Waals surface area contributed by atoms with E-state index in [1.165, 1.54) is 63.8 Å². The summed E-state index contributed by atoms with van der Waals surface area (Å²) in [5.74, 6) is 1.32. The summed E-state index contributed by atoms with van der Waals surface area (Å²) in [6.07, 6.45) is 9.51. The van der Waals surface area contributed by atoms with Crippen LogP contribution in [0.25, 0.3) is 0 Å². The molecule has 0 spiro atoms. The van der Waals surface area contributed by atoms with Crippen molar-refractivity contribution in [1.82, 2.24) is 4.31 Å². The molecule has 19 heavy (non-hydrogen) atoms.